The molecule has 0 bridgehead atoms. The van der Waals surface area contributed by atoms with Gasteiger partial charge in [-0.2, -0.15) is 12.6 Å². The molecule has 1 fully saturated rings. The highest BCUT2D eigenvalue weighted by molar-refractivity contribution is 7.79. The molecule has 1 aliphatic rings. The zero-order chi connectivity index (χ0) is 14.1. The molecule has 0 atom stereocenters. The summed E-state index contributed by atoms with van der Waals surface area (Å²) in [5.41, 5.74) is 3.82. The van der Waals surface area contributed by atoms with Crippen LogP contribution in [-0.4, -0.2) is 4.98 Å². The maximum atomic E-state index is 5.86. The summed E-state index contributed by atoms with van der Waals surface area (Å²) in [4.78, 5) is 6.06. The molecule has 0 unspecified atom stereocenters. The van der Waals surface area contributed by atoms with E-state index in [0.29, 0.717) is 12.5 Å². The summed E-state index contributed by atoms with van der Waals surface area (Å²) in [6.07, 6.45) is 2.56. The van der Waals surface area contributed by atoms with Crippen molar-refractivity contribution in [2.24, 2.45) is 0 Å². The van der Waals surface area contributed by atoms with Gasteiger partial charge in [-0.05, 0) is 49.9 Å². The Hall–Kier alpha value is -1.00. The van der Waals surface area contributed by atoms with Crippen molar-refractivity contribution in [3.8, 4) is 5.75 Å². The first-order chi connectivity index (χ1) is 9.67. The van der Waals surface area contributed by atoms with Crippen molar-refractivity contribution in [3.63, 3.8) is 0 Å². The Balaban J connectivity index is 1.70. The first kappa shape index (κ1) is 14.0. The molecular weight excluding hydrogens is 286 g/mol. The molecule has 0 amide bonds. The summed E-state index contributed by atoms with van der Waals surface area (Å²) < 4.78 is 5.86. The van der Waals surface area contributed by atoms with E-state index in [4.69, 9.17) is 9.72 Å². The average Bonchev–Trinajstić information content (AvgIpc) is 3.20. The van der Waals surface area contributed by atoms with Crippen LogP contribution in [-0.2, 0) is 12.4 Å². The van der Waals surface area contributed by atoms with Crippen molar-refractivity contribution < 1.29 is 4.74 Å². The molecule has 2 aromatic rings. The van der Waals surface area contributed by atoms with Crippen LogP contribution in [0.2, 0.25) is 0 Å². The van der Waals surface area contributed by atoms with Crippen LogP contribution in [0.4, 0.5) is 0 Å². The van der Waals surface area contributed by atoms with Crippen LogP contribution in [0.3, 0.4) is 0 Å². The molecule has 1 aromatic heterocycles. The number of hydrogen-bond donors (Lipinski definition) is 1. The first-order valence-electron chi connectivity index (χ1n) is 6.96. The van der Waals surface area contributed by atoms with E-state index in [1.54, 1.807) is 11.3 Å². The van der Waals surface area contributed by atoms with Crippen LogP contribution in [0, 0.1) is 13.8 Å². The maximum absolute atomic E-state index is 5.86. The molecular formula is C16H19NOS2. The Bertz CT molecular complexity index is 617. The third kappa shape index (κ3) is 3.01. The quantitative estimate of drug-likeness (QED) is 0.813. The second-order valence-electron chi connectivity index (χ2n) is 5.38. The SMILES string of the molecule is Cc1ccc(OCc2nc(C3CC3)c(CS)s2)cc1C. The lowest BCUT2D eigenvalue weighted by Gasteiger charge is -2.06. The van der Waals surface area contributed by atoms with Gasteiger partial charge in [0, 0.05) is 16.5 Å². The third-order valence-electron chi connectivity index (χ3n) is 3.72. The highest BCUT2D eigenvalue weighted by Gasteiger charge is 2.29. The fourth-order valence-electron chi connectivity index (χ4n) is 2.21. The lowest BCUT2D eigenvalue weighted by Crippen LogP contribution is -1.96. The molecule has 1 aliphatic carbocycles. The van der Waals surface area contributed by atoms with Crippen molar-refractivity contribution in [2.75, 3.05) is 0 Å². The van der Waals surface area contributed by atoms with Gasteiger partial charge in [0.15, 0.2) is 0 Å². The molecule has 0 saturated heterocycles. The second kappa shape index (κ2) is 5.78. The van der Waals surface area contributed by atoms with Crippen LogP contribution in [0.25, 0.3) is 0 Å². The molecule has 0 spiro atoms. The predicted molar refractivity (Wildman–Crippen MR) is 87.0 cm³/mol. The Labute approximate surface area is 129 Å². The van der Waals surface area contributed by atoms with Gasteiger partial charge in [-0.1, -0.05) is 6.07 Å². The maximum Gasteiger partial charge on any atom is 0.140 e. The lowest BCUT2D eigenvalue weighted by atomic mass is 10.1. The average molecular weight is 305 g/mol. The summed E-state index contributed by atoms with van der Waals surface area (Å²) >= 11 is 6.15. The fraction of sp³-hybridized carbons (Fsp3) is 0.438. The normalized spacial score (nSPS) is 14.6. The summed E-state index contributed by atoms with van der Waals surface area (Å²) in [5.74, 6) is 2.39. The van der Waals surface area contributed by atoms with Gasteiger partial charge < -0.3 is 4.74 Å². The van der Waals surface area contributed by atoms with E-state index in [-0.39, 0.29) is 0 Å². The third-order valence-corrected chi connectivity index (χ3v) is 5.30. The standard InChI is InChI=1S/C16H19NOS2/c1-10-3-6-13(7-11(10)2)18-8-15-17-16(12-4-5-12)14(9-19)20-15/h3,6-7,12,19H,4-5,8-9H2,1-2H3. The molecule has 1 saturated carbocycles. The number of thiazole rings is 1. The van der Waals surface area contributed by atoms with Gasteiger partial charge in [-0.25, -0.2) is 4.98 Å². The summed E-state index contributed by atoms with van der Waals surface area (Å²) in [6.45, 7) is 4.78. The number of aromatic nitrogens is 1. The van der Waals surface area contributed by atoms with Crippen LogP contribution in [0.5, 0.6) is 5.75 Å². The van der Waals surface area contributed by atoms with Crippen molar-refractivity contribution in [1.29, 1.82) is 0 Å². The van der Waals surface area contributed by atoms with E-state index >= 15 is 0 Å². The molecule has 4 heteroatoms. The number of thiol groups is 1. The van der Waals surface area contributed by atoms with E-state index in [2.05, 4.69) is 38.6 Å². The minimum absolute atomic E-state index is 0.556. The van der Waals surface area contributed by atoms with E-state index in [1.165, 1.54) is 34.5 Å². The first-order valence-corrected chi connectivity index (χ1v) is 8.41. The minimum atomic E-state index is 0.556. The molecule has 20 heavy (non-hydrogen) atoms. The van der Waals surface area contributed by atoms with Crippen LogP contribution < -0.4 is 4.74 Å². The summed E-state index contributed by atoms with van der Waals surface area (Å²) in [5, 5.41) is 1.06. The Kier molecular flexibility index (Phi) is 4.03. The molecule has 1 aromatic carbocycles. The van der Waals surface area contributed by atoms with Gasteiger partial charge >= 0.3 is 0 Å². The minimum Gasteiger partial charge on any atom is -0.486 e. The van der Waals surface area contributed by atoms with Gasteiger partial charge in [-0.15, -0.1) is 11.3 Å². The Morgan fingerprint density at radius 2 is 2.10 bits per heavy atom. The molecule has 106 valence electrons. The molecule has 2 nitrogen and oxygen atoms in total. The van der Waals surface area contributed by atoms with Crippen LogP contribution in [0.15, 0.2) is 18.2 Å². The predicted octanol–water partition coefficient (Wildman–Crippen LogP) is 4.65. The lowest BCUT2D eigenvalue weighted by molar-refractivity contribution is 0.305. The highest BCUT2D eigenvalue weighted by Crippen LogP contribution is 2.43. The Morgan fingerprint density at radius 1 is 1.30 bits per heavy atom. The second-order valence-corrected chi connectivity index (χ2v) is 6.87. The van der Waals surface area contributed by atoms with E-state index in [0.717, 1.165) is 16.5 Å². The van der Waals surface area contributed by atoms with Gasteiger partial charge in [0.2, 0.25) is 0 Å². The van der Waals surface area contributed by atoms with Gasteiger partial charge in [0.25, 0.3) is 0 Å². The number of hydrogen-bond acceptors (Lipinski definition) is 4. The van der Waals surface area contributed by atoms with E-state index in [9.17, 15) is 0 Å². The molecule has 0 aliphatic heterocycles. The zero-order valence-corrected chi connectivity index (χ0v) is 13.6. The zero-order valence-electron chi connectivity index (χ0n) is 11.8. The molecule has 0 N–H and O–H groups in total. The largest absolute Gasteiger partial charge is 0.486 e. The number of aryl methyl sites for hydroxylation is 2. The fourth-order valence-corrected chi connectivity index (χ4v) is 3.50. The Morgan fingerprint density at radius 3 is 2.75 bits per heavy atom. The summed E-state index contributed by atoms with van der Waals surface area (Å²) in [7, 11) is 0. The van der Waals surface area contributed by atoms with Crippen molar-refractivity contribution in [1.82, 2.24) is 4.98 Å². The van der Waals surface area contributed by atoms with E-state index in [1.807, 2.05) is 6.07 Å². The number of rotatable bonds is 5. The molecule has 0 radical (unpaired) electrons. The van der Waals surface area contributed by atoms with Gasteiger partial charge in [-0.3, -0.25) is 0 Å². The van der Waals surface area contributed by atoms with Crippen molar-refractivity contribution in [2.45, 2.75) is 45.0 Å². The molecule has 3 rings (SSSR count). The molecule has 1 heterocycles. The summed E-state index contributed by atoms with van der Waals surface area (Å²) in [6, 6.07) is 6.21. The van der Waals surface area contributed by atoms with Crippen LogP contribution >= 0.6 is 24.0 Å². The smallest absolute Gasteiger partial charge is 0.140 e. The van der Waals surface area contributed by atoms with Gasteiger partial charge in [0.05, 0.1) is 5.69 Å². The van der Waals surface area contributed by atoms with Crippen LogP contribution in [0.1, 0.15) is 45.5 Å². The van der Waals surface area contributed by atoms with Crippen molar-refractivity contribution in [3.05, 3.63) is 44.9 Å². The highest BCUT2D eigenvalue weighted by atomic mass is 32.1. The number of benzene rings is 1. The van der Waals surface area contributed by atoms with E-state index < -0.39 is 0 Å². The number of ether oxygens (including phenoxy) is 1. The topological polar surface area (TPSA) is 22.1 Å². The monoisotopic (exact) mass is 305 g/mol. The van der Waals surface area contributed by atoms with Gasteiger partial charge in [0.1, 0.15) is 17.4 Å². The number of nitrogens with zero attached hydrogens (tertiary/aromatic N) is 1. The van der Waals surface area contributed by atoms with Crippen molar-refractivity contribution >= 4 is 24.0 Å².